The first-order valence-electron chi connectivity index (χ1n) is 7.33. The Morgan fingerprint density at radius 2 is 1.81 bits per heavy atom. The van der Waals surface area contributed by atoms with E-state index in [1.807, 2.05) is 0 Å². The first-order chi connectivity index (χ1) is 10.1. The predicted molar refractivity (Wildman–Crippen MR) is 84.4 cm³/mol. The number of rotatable bonds is 3. The molecular weight excluding hydrogens is 336 g/mol. The molecule has 0 aliphatic heterocycles. The number of amides is 1. The maximum Gasteiger partial charge on any atom is 0.284 e. The number of nitrogens with zero attached hydrogens (tertiary/aromatic N) is 1. The summed E-state index contributed by atoms with van der Waals surface area (Å²) in [5, 5.41) is 13.9. The quantitative estimate of drug-likeness (QED) is 0.652. The van der Waals surface area contributed by atoms with Gasteiger partial charge in [-0.05, 0) is 40.9 Å². The van der Waals surface area contributed by atoms with Crippen LogP contribution in [0.2, 0.25) is 0 Å². The molecule has 21 heavy (non-hydrogen) atoms. The van der Waals surface area contributed by atoms with E-state index in [9.17, 15) is 14.9 Å². The van der Waals surface area contributed by atoms with Crippen LogP contribution in [0.4, 0.5) is 5.69 Å². The maximum absolute atomic E-state index is 12.2. The van der Waals surface area contributed by atoms with Crippen molar-refractivity contribution in [2.24, 2.45) is 0 Å². The minimum atomic E-state index is -0.489. The van der Waals surface area contributed by atoms with E-state index in [2.05, 4.69) is 21.2 Å². The normalized spacial score (nSPS) is 16.8. The van der Waals surface area contributed by atoms with Crippen molar-refractivity contribution in [1.82, 2.24) is 5.32 Å². The first-order valence-corrected chi connectivity index (χ1v) is 8.12. The van der Waals surface area contributed by atoms with Crippen LogP contribution in [-0.4, -0.2) is 16.9 Å². The van der Waals surface area contributed by atoms with Crippen molar-refractivity contribution in [2.75, 3.05) is 0 Å². The van der Waals surface area contributed by atoms with Crippen LogP contribution in [0.25, 0.3) is 0 Å². The molecule has 6 heteroatoms. The van der Waals surface area contributed by atoms with Gasteiger partial charge < -0.3 is 5.32 Å². The lowest BCUT2D eigenvalue weighted by Gasteiger charge is -2.21. The topological polar surface area (TPSA) is 72.2 Å². The van der Waals surface area contributed by atoms with Gasteiger partial charge in [0.1, 0.15) is 0 Å². The molecular formula is C15H19BrN2O3. The Morgan fingerprint density at radius 3 is 2.43 bits per heavy atom. The molecule has 1 amide bonds. The van der Waals surface area contributed by atoms with Crippen molar-refractivity contribution < 1.29 is 9.72 Å². The Kier molecular flexibility index (Phi) is 5.73. The number of carbonyl (C=O) groups excluding carboxylic acids is 1. The van der Waals surface area contributed by atoms with Gasteiger partial charge in [0.25, 0.3) is 11.6 Å². The third-order valence-electron chi connectivity index (χ3n) is 3.85. The number of nitrogens with one attached hydrogen (secondary N) is 1. The number of hydrogen-bond donors (Lipinski definition) is 1. The summed E-state index contributed by atoms with van der Waals surface area (Å²) in [5.41, 5.74) is 0.257. The second-order valence-electron chi connectivity index (χ2n) is 5.44. The summed E-state index contributed by atoms with van der Waals surface area (Å²) < 4.78 is 0.384. The molecule has 114 valence electrons. The number of benzene rings is 1. The van der Waals surface area contributed by atoms with Crippen molar-refractivity contribution in [3.05, 3.63) is 38.3 Å². The Morgan fingerprint density at radius 1 is 1.19 bits per heavy atom. The molecule has 1 fully saturated rings. The molecule has 5 nitrogen and oxygen atoms in total. The molecule has 1 N–H and O–H groups in total. The standard InChI is InChI=1S/C15H19BrN2O3/c16-13-9-8-11(10-14(13)18(20)21)15(19)17-12-6-4-2-1-3-5-7-12/h8-10,12H,1-7H2,(H,17,19). The SMILES string of the molecule is O=C(NC1CCCCCCC1)c1ccc(Br)c([N+](=O)[O-])c1. The minimum absolute atomic E-state index is 0.0830. The number of hydrogen-bond acceptors (Lipinski definition) is 3. The predicted octanol–water partition coefficient (Wildman–Crippen LogP) is 4.20. The van der Waals surface area contributed by atoms with E-state index in [0.717, 1.165) is 25.7 Å². The summed E-state index contributed by atoms with van der Waals surface area (Å²) in [6.07, 6.45) is 7.96. The summed E-state index contributed by atoms with van der Waals surface area (Å²) >= 11 is 3.12. The van der Waals surface area contributed by atoms with E-state index in [-0.39, 0.29) is 17.6 Å². The van der Waals surface area contributed by atoms with Crippen molar-refractivity contribution in [3.63, 3.8) is 0 Å². The summed E-state index contributed by atoms with van der Waals surface area (Å²) in [4.78, 5) is 22.7. The zero-order chi connectivity index (χ0) is 15.2. The van der Waals surface area contributed by atoms with Gasteiger partial charge >= 0.3 is 0 Å². The van der Waals surface area contributed by atoms with Gasteiger partial charge in [-0.15, -0.1) is 0 Å². The van der Waals surface area contributed by atoms with E-state index in [1.54, 1.807) is 12.1 Å². The van der Waals surface area contributed by atoms with Crippen molar-refractivity contribution in [2.45, 2.75) is 51.0 Å². The van der Waals surface area contributed by atoms with Gasteiger partial charge in [0.2, 0.25) is 0 Å². The van der Waals surface area contributed by atoms with E-state index in [0.29, 0.717) is 10.0 Å². The van der Waals surface area contributed by atoms with E-state index >= 15 is 0 Å². The van der Waals surface area contributed by atoms with Gasteiger partial charge in [0.15, 0.2) is 0 Å². The van der Waals surface area contributed by atoms with Crippen LogP contribution in [0.1, 0.15) is 55.3 Å². The van der Waals surface area contributed by atoms with Crippen LogP contribution in [0.15, 0.2) is 22.7 Å². The van der Waals surface area contributed by atoms with Gasteiger partial charge in [-0.25, -0.2) is 0 Å². The average molecular weight is 355 g/mol. The van der Waals surface area contributed by atoms with Crippen LogP contribution in [0.3, 0.4) is 0 Å². The number of halogens is 1. The fourth-order valence-electron chi connectivity index (χ4n) is 2.66. The molecule has 1 aliphatic carbocycles. The van der Waals surface area contributed by atoms with Crippen molar-refractivity contribution in [1.29, 1.82) is 0 Å². The summed E-state index contributed by atoms with van der Waals surface area (Å²) in [6, 6.07) is 4.66. The Labute approximate surface area is 132 Å². The van der Waals surface area contributed by atoms with Crippen molar-refractivity contribution in [3.8, 4) is 0 Å². The number of nitro benzene ring substituents is 1. The summed E-state index contributed by atoms with van der Waals surface area (Å²) in [7, 11) is 0. The Balaban J connectivity index is 2.05. The average Bonchev–Trinajstić information content (AvgIpc) is 2.41. The highest BCUT2D eigenvalue weighted by Gasteiger charge is 2.19. The molecule has 0 unspecified atom stereocenters. The van der Waals surface area contributed by atoms with Gasteiger partial charge in [-0.2, -0.15) is 0 Å². The molecule has 1 aliphatic rings. The van der Waals surface area contributed by atoms with E-state index < -0.39 is 4.92 Å². The van der Waals surface area contributed by atoms with Gasteiger partial charge in [0, 0.05) is 17.7 Å². The molecule has 0 aromatic heterocycles. The summed E-state index contributed by atoms with van der Waals surface area (Å²) in [5.74, 6) is -0.226. The molecule has 2 rings (SSSR count). The fourth-order valence-corrected chi connectivity index (χ4v) is 3.05. The molecule has 1 aromatic carbocycles. The highest BCUT2D eigenvalue weighted by atomic mass is 79.9. The lowest BCUT2D eigenvalue weighted by Crippen LogP contribution is -2.35. The number of nitro groups is 1. The third kappa shape index (κ3) is 4.52. The van der Waals surface area contributed by atoms with E-state index in [1.165, 1.54) is 25.3 Å². The summed E-state index contributed by atoms with van der Waals surface area (Å²) in [6.45, 7) is 0. The Hall–Kier alpha value is -1.43. The van der Waals surface area contributed by atoms with Gasteiger partial charge in [0.05, 0.1) is 9.40 Å². The van der Waals surface area contributed by atoms with Crippen LogP contribution in [0, 0.1) is 10.1 Å². The van der Waals surface area contributed by atoms with Crippen LogP contribution >= 0.6 is 15.9 Å². The van der Waals surface area contributed by atoms with Crippen LogP contribution in [0.5, 0.6) is 0 Å². The van der Waals surface area contributed by atoms with Crippen LogP contribution < -0.4 is 5.32 Å². The van der Waals surface area contributed by atoms with Crippen LogP contribution in [-0.2, 0) is 0 Å². The molecule has 0 heterocycles. The number of carbonyl (C=O) groups is 1. The van der Waals surface area contributed by atoms with E-state index in [4.69, 9.17) is 0 Å². The lowest BCUT2D eigenvalue weighted by atomic mass is 9.96. The molecule has 1 aromatic rings. The molecule has 0 spiro atoms. The monoisotopic (exact) mass is 354 g/mol. The third-order valence-corrected chi connectivity index (χ3v) is 4.52. The molecule has 0 radical (unpaired) electrons. The second kappa shape index (κ2) is 7.54. The molecule has 0 bridgehead atoms. The van der Waals surface area contributed by atoms with Gasteiger partial charge in [-0.1, -0.05) is 32.1 Å². The minimum Gasteiger partial charge on any atom is -0.349 e. The zero-order valence-corrected chi connectivity index (χ0v) is 13.4. The maximum atomic E-state index is 12.2. The lowest BCUT2D eigenvalue weighted by molar-refractivity contribution is -0.385. The largest absolute Gasteiger partial charge is 0.349 e. The molecule has 1 saturated carbocycles. The molecule has 0 saturated heterocycles. The smallest absolute Gasteiger partial charge is 0.284 e. The first kappa shape index (κ1) is 15.9. The fraction of sp³-hybridized carbons (Fsp3) is 0.533. The highest BCUT2D eigenvalue weighted by Crippen LogP contribution is 2.26. The van der Waals surface area contributed by atoms with Crippen molar-refractivity contribution >= 4 is 27.5 Å². The highest BCUT2D eigenvalue weighted by molar-refractivity contribution is 9.10. The Bertz CT molecular complexity index is 526. The van der Waals surface area contributed by atoms with Gasteiger partial charge in [-0.3, -0.25) is 14.9 Å². The second-order valence-corrected chi connectivity index (χ2v) is 6.29. The zero-order valence-electron chi connectivity index (χ0n) is 11.8. The molecule has 0 atom stereocenters.